The van der Waals surface area contributed by atoms with Gasteiger partial charge in [0, 0.05) is 30.2 Å². The van der Waals surface area contributed by atoms with Gasteiger partial charge in [-0.25, -0.2) is 4.79 Å². The minimum Gasteiger partial charge on any atom is -0.444 e. The molecule has 0 atom stereocenters. The van der Waals surface area contributed by atoms with Gasteiger partial charge in [0.05, 0.1) is 5.56 Å². The molecule has 0 bridgehead atoms. The first-order chi connectivity index (χ1) is 11.4. The summed E-state index contributed by atoms with van der Waals surface area (Å²) in [6.07, 6.45) is 3.35. The average Bonchev–Trinajstić information content (AvgIpc) is 2.95. The highest BCUT2D eigenvalue weighted by molar-refractivity contribution is 5.86. The predicted molar refractivity (Wildman–Crippen MR) is 92.8 cm³/mol. The highest BCUT2D eigenvalue weighted by Crippen LogP contribution is 2.31. The first kappa shape index (κ1) is 16.4. The van der Waals surface area contributed by atoms with E-state index in [-0.39, 0.29) is 6.09 Å². The summed E-state index contributed by atoms with van der Waals surface area (Å²) < 4.78 is 5.44. The Morgan fingerprint density at radius 1 is 1.33 bits per heavy atom. The van der Waals surface area contributed by atoms with Crippen LogP contribution in [0.15, 0.2) is 24.4 Å². The van der Waals surface area contributed by atoms with Crippen molar-refractivity contribution >= 4 is 17.0 Å². The van der Waals surface area contributed by atoms with Crippen LogP contribution in [-0.4, -0.2) is 34.7 Å². The molecule has 0 unspecified atom stereocenters. The van der Waals surface area contributed by atoms with E-state index >= 15 is 0 Å². The molecular weight excluding hydrogens is 302 g/mol. The second-order valence-corrected chi connectivity index (χ2v) is 7.36. The van der Waals surface area contributed by atoms with Crippen LogP contribution in [0.1, 0.15) is 50.7 Å². The van der Waals surface area contributed by atoms with Gasteiger partial charge >= 0.3 is 6.09 Å². The first-order valence-electron chi connectivity index (χ1n) is 8.36. The number of likely N-dealkylation sites (tertiary alicyclic amines) is 1. The maximum absolute atomic E-state index is 12.1. The smallest absolute Gasteiger partial charge is 0.410 e. The number of H-pyrrole nitrogens is 1. The van der Waals surface area contributed by atoms with Crippen LogP contribution in [0.3, 0.4) is 0 Å². The van der Waals surface area contributed by atoms with Crippen LogP contribution < -0.4 is 0 Å². The summed E-state index contributed by atoms with van der Waals surface area (Å²) in [5.41, 5.74) is 2.45. The van der Waals surface area contributed by atoms with Gasteiger partial charge in [-0.05, 0) is 57.2 Å². The lowest BCUT2D eigenvalue weighted by molar-refractivity contribution is 0.0205. The van der Waals surface area contributed by atoms with Gasteiger partial charge in [0.25, 0.3) is 0 Å². The molecule has 126 valence electrons. The van der Waals surface area contributed by atoms with Crippen molar-refractivity contribution in [3.8, 4) is 6.07 Å². The fourth-order valence-electron chi connectivity index (χ4n) is 3.21. The molecule has 2 heterocycles. The number of hydrogen-bond donors (Lipinski definition) is 1. The first-order valence-corrected chi connectivity index (χ1v) is 8.36. The highest BCUT2D eigenvalue weighted by Gasteiger charge is 2.27. The van der Waals surface area contributed by atoms with E-state index < -0.39 is 5.60 Å². The van der Waals surface area contributed by atoms with Gasteiger partial charge in [-0.2, -0.15) is 5.26 Å². The Kier molecular flexibility index (Phi) is 4.23. The van der Waals surface area contributed by atoms with Crippen molar-refractivity contribution in [3.63, 3.8) is 0 Å². The molecule has 1 aromatic heterocycles. The van der Waals surface area contributed by atoms with Crippen LogP contribution in [0, 0.1) is 11.3 Å². The summed E-state index contributed by atoms with van der Waals surface area (Å²) >= 11 is 0. The molecule has 0 spiro atoms. The molecule has 1 fully saturated rings. The van der Waals surface area contributed by atoms with Crippen LogP contribution in [0.4, 0.5) is 4.79 Å². The van der Waals surface area contributed by atoms with E-state index in [1.165, 1.54) is 5.56 Å². The Bertz CT molecular complexity index is 787. The number of carbonyl (C=O) groups excluding carboxylic acids is 1. The lowest BCUT2D eigenvalue weighted by atomic mass is 9.89. The number of carbonyl (C=O) groups is 1. The third kappa shape index (κ3) is 3.38. The van der Waals surface area contributed by atoms with Crippen molar-refractivity contribution in [1.29, 1.82) is 5.26 Å². The normalized spacial score (nSPS) is 16.2. The number of rotatable bonds is 1. The average molecular weight is 325 g/mol. The Morgan fingerprint density at radius 2 is 2.04 bits per heavy atom. The molecular formula is C19H23N3O2. The molecule has 3 rings (SSSR count). The van der Waals surface area contributed by atoms with Crippen LogP contribution in [0.5, 0.6) is 0 Å². The van der Waals surface area contributed by atoms with Gasteiger partial charge in [-0.1, -0.05) is 6.07 Å². The number of benzene rings is 1. The standard InChI is InChI=1S/C19H23N3O2/c1-19(2,3)24-18(23)22-8-6-13(7-9-22)14-4-5-17-16(10-14)15(11-20)12-21-17/h4-5,10,12-13,21H,6-9H2,1-3H3. The Labute approximate surface area is 142 Å². The van der Waals surface area contributed by atoms with Crippen LogP contribution in [0.25, 0.3) is 10.9 Å². The highest BCUT2D eigenvalue weighted by atomic mass is 16.6. The van der Waals surface area contributed by atoms with Crippen LogP contribution >= 0.6 is 0 Å². The van der Waals surface area contributed by atoms with E-state index in [1.807, 2.05) is 26.8 Å². The Morgan fingerprint density at radius 3 is 2.67 bits per heavy atom. The molecule has 1 aliphatic heterocycles. The fourth-order valence-corrected chi connectivity index (χ4v) is 3.21. The van der Waals surface area contributed by atoms with Gasteiger partial charge in [0.1, 0.15) is 11.7 Å². The Balaban J connectivity index is 1.69. The third-order valence-electron chi connectivity index (χ3n) is 4.44. The number of amides is 1. The van der Waals surface area contributed by atoms with Crippen LogP contribution in [-0.2, 0) is 4.74 Å². The van der Waals surface area contributed by atoms with Gasteiger partial charge in [-0.15, -0.1) is 0 Å². The van der Waals surface area contributed by atoms with Crippen molar-refractivity contribution in [2.45, 2.75) is 45.1 Å². The minimum absolute atomic E-state index is 0.228. The number of fused-ring (bicyclic) bond motifs is 1. The summed E-state index contributed by atoms with van der Waals surface area (Å²) in [7, 11) is 0. The number of aromatic amines is 1. The molecule has 0 saturated carbocycles. The monoisotopic (exact) mass is 325 g/mol. The van der Waals surface area contributed by atoms with E-state index in [4.69, 9.17) is 4.74 Å². The summed E-state index contributed by atoms with van der Waals surface area (Å²) in [6.45, 7) is 7.06. The van der Waals surface area contributed by atoms with Crippen molar-refractivity contribution in [3.05, 3.63) is 35.5 Å². The molecule has 24 heavy (non-hydrogen) atoms. The largest absolute Gasteiger partial charge is 0.444 e. The zero-order valence-corrected chi connectivity index (χ0v) is 14.4. The number of piperidine rings is 1. The number of nitrogens with one attached hydrogen (secondary N) is 1. The predicted octanol–water partition coefficient (Wildman–Crippen LogP) is 4.15. The maximum Gasteiger partial charge on any atom is 0.410 e. The topological polar surface area (TPSA) is 69.1 Å². The second kappa shape index (κ2) is 6.20. The summed E-state index contributed by atoms with van der Waals surface area (Å²) in [5, 5.41) is 10.2. The lowest BCUT2D eigenvalue weighted by Gasteiger charge is -2.33. The quantitative estimate of drug-likeness (QED) is 0.856. The van der Waals surface area contributed by atoms with Gasteiger partial charge < -0.3 is 14.6 Å². The van der Waals surface area contributed by atoms with E-state index in [0.29, 0.717) is 24.6 Å². The zero-order valence-electron chi connectivity index (χ0n) is 14.4. The number of ether oxygens (including phenoxy) is 1. The molecule has 0 aliphatic carbocycles. The van der Waals surface area contributed by atoms with E-state index in [2.05, 4.69) is 23.2 Å². The molecule has 1 N–H and O–H groups in total. The van der Waals surface area contributed by atoms with Crippen molar-refractivity contribution in [2.24, 2.45) is 0 Å². The zero-order chi connectivity index (χ0) is 17.3. The molecule has 0 radical (unpaired) electrons. The van der Waals surface area contributed by atoms with Crippen molar-refractivity contribution in [2.75, 3.05) is 13.1 Å². The number of aromatic nitrogens is 1. The molecule has 5 heteroatoms. The summed E-state index contributed by atoms with van der Waals surface area (Å²) in [5.74, 6) is 0.412. The van der Waals surface area contributed by atoms with Gasteiger partial charge in [0.2, 0.25) is 0 Å². The Hall–Kier alpha value is -2.48. The number of nitrogens with zero attached hydrogens (tertiary/aromatic N) is 2. The summed E-state index contributed by atoms with van der Waals surface area (Å²) in [4.78, 5) is 17.1. The fraction of sp³-hybridized carbons (Fsp3) is 0.474. The molecule has 1 saturated heterocycles. The summed E-state index contributed by atoms with van der Waals surface area (Å²) in [6, 6.07) is 8.48. The van der Waals surface area contributed by atoms with E-state index in [9.17, 15) is 10.1 Å². The lowest BCUT2D eigenvalue weighted by Crippen LogP contribution is -2.41. The molecule has 2 aromatic rings. The SMILES string of the molecule is CC(C)(C)OC(=O)N1CCC(c2ccc3[nH]cc(C#N)c3c2)CC1. The van der Waals surface area contributed by atoms with Gasteiger partial charge in [-0.3, -0.25) is 0 Å². The maximum atomic E-state index is 12.1. The van der Waals surface area contributed by atoms with Crippen LogP contribution in [0.2, 0.25) is 0 Å². The third-order valence-corrected chi connectivity index (χ3v) is 4.44. The minimum atomic E-state index is -0.457. The number of hydrogen-bond acceptors (Lipinski definition) is 3. The second-order valence-electron chi connectivity index (χ2n) is 7.36. The van der Waals surface area contributed by atoms with E-state index in [0.717, 1.165) is 23.7 Å². The number of nitriles is 1. The molecule has 1 aliphatic rings. The van der Waals surface area contributed by atoms with Gasteiger partial charge in [0.15, 0.2) is 0 Å². The van der Waals surface area contributed by atoms with Crippen molar-refractivity contribution < 1.29 is 9.53 Å². The van der Waals surface area contributed by atoms with E-state index in [1.54, 1.807) is 11.1 Å². The van der Waals surface area contributed by atoms with Crippen molar-refractivity contribution in [1.82, 2.24) is 9.88 Å². The molecule has 1 aromatic carbocycles. The molecule has 1 amide bonds. The molecule has 5 nitrogen and oxygen atoms in total.